The van der Waals surface area contributed by atoms with Crippen molar-refractivity contribution < 1.29 is 4.48 Å². The summed E-state index contributed by atoms with van der Waals surface area (Å²) >= 11 is 0. The zero-order valence-electron chi connectivity index (χ0n) is 15.0. The highest BCUT2D eigenvalue weighted by molar-refractivity contribution is 4.79. The highest BCUT2D eigenvalue weighted by Crippen LogP contribution is 2.36. The third kappa shape index (κ3) is 5.25. The Bertz CT molecular complexity index is 316. The molecule has 0 spiro atoms. The number of unbranched alkanes of at least 4 members (excludes halogenated alkanes) is 1. The Kier molecular flexibility index (Phi) is 5.76. The second-order valence-corrected chi connectivity index (χ2v) is 9.41. The Hall–Kier alpha value is -0.0800. The molecule has 2 N–H and O–H groups in total. The lowest BCUT2D eigenvalue weighted by molar-refractivity contribution is -0.945. The molecule has 1 saturated heterocycles. The molecule has 3 unspecified atom stereocenters. The zero-order valence-corrected chi connectivity index (χ0v) is 15.0. The SMILES string of the molecule is CCCCC1CC(N)C[N+](CC2CCC2)(CC(C)(C)C)C1. The van der Waals surface area contributed by atoms with Gasteiger partial charge in [-0.3, -0.25) is 0 Å². The number of piperidine rings is 1. The van der Waals surface area contributed by atoms with E-state index in [9.17, 15) is 0 Å². The van der Waals surface area contributed by atoms with Gasteiger partial charge in [-0.1, -0.05) is 47.0 Å². The number of hydrogen-bond acceptors (Lipinski definition) is 1. The molecule has 1 saturated carbocycles. The van der Waals surface area contributed by atoms with E-state index in [-0.39, 0.29) is 0 Å². The van der Waals surface area contributed by atoms with E-state index in [0.29, 0.717) is 11.5 Å². The summed E-state index contributed by atoms with van der Waals surface area (Å²) in [6.45, 7) is 14.9. The second-order valence-electron chi connectivity index (χ2n) is 9.41. The van der Waals surface area contributed by atoms with Gasteiger partial charge in [0, 0.05) is 17.3 Å². The van der Waals surface area contributed by atoms with Crippen LogP contribution in [0.3, 0.4) is 0 Å². The van der Waals surface area contributed by atoms with Crippen LogP contribution in [0.2, 0.25) is 0 Å². The summed E-state index contributed by atoms with van der Waals surface area (Å²) in [5, 5.41) is 0. The lowest BCUT2D eigenvalue weighted by Gasteiger charge is -2.51. The number of nitrogens with zero attached hydrogens (tertiary/aromatic N) is 1. The summed E-state index contributed by atoms with van der Waals surface area (Å²) in [4.78, 5) is 0. The first-order valence-corrected chi connectivity index (χ1v) is 9.42. The first kappa shape index (κ1) is 17.3. The number of quaternary nitrogens is 1. The first-order valence-electron chi connectivity index (χ1n) is 9.42. The zero-order chi connectivity index (χ0) is 15.5. The van der Waals surface area contributed by atoms with Crippen LogP contribution in [0.25, 0.3) is 0 Å². The van der Waals surface area contributed by atoms with Crippen molar-refractivity contribution >= 4 is 0 Å². The molecule has 1 heterocycles. The second kappa shape index (κ2) is 7.00. The molecule has 124 valence electrons. The predicted octanol–water partition coefficient (Wildman–Crippen LogP) is 4.19. The quantitative estimate of drug-likeness (QED) is 0.731. The number of rotatable bonds is 6. The molecule has 1 aliphatic carbocycles. The maximum atomic E-state index is 6.51. The molecule has 21 heavy (non-hydrogen) atoms. The van der Waals surface area contributed by atoms with Crippen LogP contribution in [-0.2, 0) is 0 Å². The van der Waals surface area contributed by atoms with Gasteiger partial charge in [0.05, 0.1) is 32.2 Å². The molecule has 0 bridgehead atoms. The van der Waals surface area contributed by atoms with E-state index in [1.165, 1.54) is 75.6 Å². The van der Waals surface area contributed by atoms with Crippen LogP contribution >= 0.6 is 0 Å². The Balaban J connectivity index is 2.07. The topological polar surface area (TPSA) is 26.0 Å². The van der Waals surface area contributed by atoms with Crippen molar-refractivity contribution in [3.05, 3.63) is 0 Å². The van der Waals surface area contributed by atoms with Gasteiger partial charge in [-0.05, 0) is 25.7 Å². The van der Waals surface area contributed by atoms with E-state index in [4.69, 9.17) is 5.73 Å². The van der Waals surface area contributed by atoms with E-state index in [1.54, 1.807) is 0 Å². The van der Waals surface area contributed by atoms with Gasteiger partial charge in [0.15, 0.2) is 0 Å². The van der Waals surface area contributed by atoms with Crippen molar-refractivity contribution in [3.8, 4) is 0 Å². The Morgan fingerprint density at radius 3 is 2.33 bits per heavy atom. The summed E-state index contributed by atoms with van der Waals surface area (Å²) in [6, 6.07) is 0.433. The largest absolute Gasteiger partial charge is 0.323 e. The van der Waals surface area contributed by atoms with E-state index in [2.05, 4.69) is 27.7 Å². The summed E-state index contributed by atoms with van der Waals surface area (Å²) in [5.74, 6) is 1.86. The van der Waals surface area contributed by atoms with Crippen molar-refractivity contribution in [2.45, 2.75) is 78.7 Å². The third-order valence-corrected chi connectivity index (χ3v) is 5.55. The summed E-state index contributed by atoms with van der Waals surface area (Å²) in [6.07, 6.45) is 9.79. The smallest absolute Gasteiger partial charge is 0.0940 e. The van der Waals surface area contributed by atoms with Crippen molar-refractivity contribution in [1.82, 2.24) is 0 Å². The summed E-state index contributed by atoms with van der Waals surface area (Å²) in [7, 11) is 0. The van der Waals surface area contributed by atoms with Crippen molar-refractivity contribution in [2.24, 2.45) is 23.0 Å². The van der Waals surface area contributed by atoms with Gasteiger partial charge in [0.25, 0.3) is 0 Å². The molecule has 0 aromatic carbocycles. The molecule has 2 rings (SSSR count). The van der Waals surface area contributed by atoms with Gasteiger partial charge >= 0.3 is 0 Å². The maximum Gasteiger partial charge on any atom is 0.0940 e. The molecule has 2 nitrogen and oxygen atoms in total. The Labute approximate surface area is 133 Å². The molecule has 0 aromatic rings. The van der Waals surface area contributed by atoms with Crippen molar-refractivity contribution in [2.75, 3.05) is 26.2 Å². The van der Waals surface area contributed by atoms with Crippen LogP contribution in [0.5, 0.6) is 0 Å². The van der Waals surface area contributed by atoms with Gasteiger partial charge in [0.2, 0.25) is 0 Å². The minimum Gasteiger partial charge on any atom is -0.323 e. The first-order chi connectivity index (χ1) is 9.82. The van der Waals surface area contributed by atoms with Crippen LogP contribution in [0, 0.1) is 17.3 Å². The molecule has 2 aliphatic rings. The molecule has 0 aromatic heterocycles. The monoisotopic (exact) mass is 295 g/mol. The van der Waals surface area contributed by atoms with E-state index in [1.807, 2.05) is 0 Å². The van der Waals surface area contributed by atoms with Gasteiger partial charge in [-0.2, -0.15) is 0 Å². The Morgan fingerprint density at radius 2 is 1.81 bits per heavy atom. The molecule has 0 amide bonds. The van der Waals surface area contributed by atoms with Crippen molar-refractivity contribution in [3.63, 3.8) is 0 Å². The van der Waals surface area contributed by atoms with E-state index >= 15 is 0 Å². The number of hydrogen-bond donors (Lipinski definition) is 1. The molecule has 0 radical (unpaired) electrons. The average Bonchev–Trinajstić information content (AvgIpc) is 2.28. The highest BCUT2D eigenvalue weighted by atomic mass is 15.4. The fourth-order valence-corrected chi connectivity index (χ4v) is 4.97. The molecular weight excluding hydrogens is 256 g/mol. The lowest BCUT2D eigenvalue weighted by Crippen LogP contribution is -2.64. The molecule has 2 heteroatoms. The van der Waals surface area contributed by atoms with Crippen LogP contribution in [0.1, 0.15) is 72.6 Å². The summed E-state index contributed by atoms with van der Waals surface area (Å²) < 4.78 is 1.32. The van der Waals surface area contributed by atoms with Crippen LogP contribution < -0.4 is 5.73 Å². The third-order valence-electron chi connectivity index (χ3n) is 5.55. The molecule has 2 fully saturated rings. The minimum absolute atomic E-state index is 0.413. The average molecular weight is 296 g/mol. The molecular formula is C19H39N2+. The number of nitrogens with two attached hydrogens (primary N) is 1. The van der Waals surface area contributed by atoms with E-state index < -0.39 is 0 Å². The minimum atomic E-state index is 0.413. The summed E-state index contributed by atoms with van der Waals surface area (Å²) in [5.41, 5.74) is 6.92. The van der Waals surface area contributed by atoms with Crippen LogP contribution in [0.4, 0.5) is 0 Å². The maximum absolute atomic E-state index is 6.51. The number of likely N-dealkylation sites (tertiary alicyclic amines) is 1. The standard InChI is InChI=1S/C19H39N2/c1-5-6-8-17-11-18(20)14-21(13-17,15-19(2,3)4)12-16-9-7-10-16/h16-18H,5-15,20H2,1-4H3/q+1. The van der Waals surface area contributed by atoms with Gasteiger partial charge in [0.1, 0.15) is 0 Å². The van der Waals surface area contributed by atoms with E-state index in [0.717, 1.165) is 11.8 Å². The fourth-order valence-electron chi connectivity index (χ4n) is 4.97. The van der Waals surface area contributed by atoms with Gasteiger partial charge < -0.3 is 10.2 Å². The molecule has 3 atom stereocenters. The lowest BCUT2D eigenvalue weighted by atomic mass is 9.80. The van der Waals surface area contributed by atoms with Gasteiger partial charge in [-0.25, -0.2) is 0 Å². The fraction of sp³-hybridized carbons (Fsp3) is 1.00. The van der Waals surface area contributed by atoms with Crippen molar-refractivity contribution in [1.29, 1.82) is 0 Å². The van der Waals surface area contributed by atoms with Crippen LogP contribution in [-0.4, -0.2) is 36.7 Å². The highest BCUT2D eigenvalue weighted by Gasteiger charge is 2.43. The normalized spacial score (nSPS) is 34.7. The van der Waals surface area contributed by atoms with Gasteiger partial charge in [-0.15, -0.1) is 0 Å². The Morgan fingerprint density at radius 1 is 1.10 bits per heavy atom. The molecule has 1 aliphatic heterocycles. The predicted molar refractivity (Wildman–Crippen MR) is 92.1 cm³/mol. The van der Waals surface area contributed by atoms with Crippen LogP contribution in [0.15, 0.2) is 0 Å².